The third-order valence-electron chi connectivity index (χ3n) is 2.08. The number of hydrogen-bond donors (Lipinski definition) is 1. The van der Waals surface area contributed by atoms with Crippen LogP contribution in [0.15, 0.2) is 12.1 Å². The molecule has 2 aromatic rings. The number of methoxy groups -OCH3 is 1. The molecule has 2 rings (SSSR count). The summed E-state index contributed by atoms with van der Waals surface area (Å²) in [5, 5.41) is 0. The fourth-order valence-electron chi connectivity index (χ4n) is 1.40. The number of aromatic nitrogens is 2. The van der Waals surface area contributed by atoms with E-state index in [0.29, 0.717) is 11.0 Å². The fourth-order valence-corrected chi connectivity index (χ4v) is 1.40. The fraction of sp³-hybridized carbons (Fsp3) is 0.222. The molecular weight excluding hydrogens is 204 g/mol. The second-order valence-corrected chi connectivity index (χ2v) is 3.07. The van der Waals surface area contributed by atoms with E-state index in [0.717, 1.165) is 12.1 Å². The van der Waals surface area contributed by atoms with E-state index in [1.54, 1.807) is 0 Å². The number of imidazole rings is 1. The Hall–Kier alpha value is -1.69. The number of nitrogen functional groups attached to an aromatic ring is 1. The van der Waals surface area contributed by atoms with Gasteiger partial charge < -0.3 is 10.5 Å². The summed E-state index contributed by atoms with van der Waals surface area (Å²) in [4.78, 5) is 3.89. The van der Waals surface area contributed by atoms with Gasteiger partial charge in [-0.25, -0.2) is 13.8 Å². The average molecular weight is 213 g/mol. The van der Waals surface area contributed by atoms with Crippen molar-refractivity contribution in [3.8, 4) is 0 Å². The average Bonchev–Trinajstić information content (AvgIpc) is 2.46. The zero-order valence-electron chi connectivity index (χ0n) is 8.00. The minimum atomic E-state index is -0.940. The molecule has 0 saturated carbocycles. The second-order valence-electron chi connectivity index (χ2n) is 3.07. The highest BCUT2D eigenvalue weighted by Crippen LogP contribution is 2.20. The standard InChI is InChI=1S/C9H9F2N3O/c1-15-4-14-8-3-6(11)5(10)2-7(8)13-9(14)12/h2-3H,4H2,1H3,(H2,12,13). The number of anilines is 1. The highest BCUT2D eigenvalue weighted by Gasteiger charge is 2.11. The number of halogens is 2. The molecule has 4 nitrogen and oxygen atoms in total. The number of nitrogens with two attached hydrogens (primary N) is 1. The van der Waals surface area contributed by atoms with Crippen LogP contribution in [-0.2, 0) is 11.5 Å². The summed E-state index contributed by atoms with van der Waals surface area (Å²) in [6.07, 6.45) is 0. The van der Waals surface area contributed by atoms with Crippen LogP contribution in [0.5, 0.6) is 0 Å². The van der Waals surface area contributed by atoms with Crippen LogP contribution in [0.4, 0.5) is 14.7 Å². The molecule has 2 N–H and O–H groups in total. The van der Waals surface area contributed by atoms with Crippen molar-refractivity contribution >= 4 is 17.0 Å². The maximum absolute atomic E-state index is 13.0. The maximum Gasteiger partial charge on any atom is 0.203 e. The molecule has 0 aliphatic rings. The highest BCUT2D eigenvalue weighted by atomic mass is 19.2. The van der Waals surface area contributed by atoms with Crippen molar-refractivity contribution in [2.75, 3.05) is 12.8 Å². The van der Waals surface area contributed by atoms with Crippen molar-refractivity contribution in [3.63, 3.8) is 0 Å². The largest absolute Gasteiger partial charge is 0.369 e. The Morgan fingerprint density at radius 1 is 1.40 bits per heavy atom. The molecule has 0 amide bonds. The molecule has 0 fully saturated rings. The molecule has 0 aliphatic heterocycles. The number of nitrogens with zero attached hydrogens (tertiary/aromatic N) is 2. The van der Waals surface area contributed by atoms with E-state index in [-0.39, 0.29) is 12.7 Å². The van der Waals surface area contributed by atoms with Gasteiger partial charge in [-0.2, -0.15) is 0 Å². The molecule has 0 aliphatic carbocycles. The summed E-state index contributed by atoms with van der Waals surface area (Å²) in [6.45, 7) is 0.146. The zero-order chi connectivity index (χ0) is 11.0. The van der Waals surface area contributed by atoms with E-state index in [1.807, 2.05) is 0 Å². The molecule has 1 aromatic heterocycles. The summed E-state index contributed by atoms with van der Waals surface area (Å²) in [5.74, 6) is -1.71. The molecule has 15 heavy (non-hydrogen) atoms. The van der Waals surface area contributed by atoms with Gasteiger partial charge >= 0.3 is 0 Å². The maximum atomic E-state index is 13.0. The molecule has 1 aromatic carbocycles. The lowest BCUT2D eigenvalue weighted by atomic mass is 10.3. The number of benzene rings is 1. The second kappa shape index (κ2) is 3.47. The van der Waals surface area contributed by atoms with Crippen molar-refractivity contribution in [2.45, 2.75) is 6.73 Å². The normalized spacial score (nSPS) is 11.1. The van der Waals surface area contributed by atoms with Gasteiger partial charge in [0.15, 0.2) is 11.6 Å². The van der Waals surface area contributed by atoms with Crippen LogP contribution in [-0.4, -0.2) is 16.7 Å². The Labute approximate surface area is 84.3 Å². The van der Waals surface area contributed by atoms with Crippen LogP contribution in [0.2, 0.25) is 0 Å². The minimum absolute atomic E-state index is 0.146. The van der Waals surface area contributed by atoms with Gasteiger partial charge in [0, 0.05) is 19.2 Å². The highest BCUT2D eigenvalue weighted by molar-refractivity contribution is 5.78. The summed E-state index contributed by atoms with van der Waals surface area (Å²) < 4.78 is 32.2. The van der Waals surface area contributed by atoms with E-state index in [9.17, 15) is 8.78 Å². The molecular formula is C9H9F2N3O. The Morgan fingerprint density at radius 3 is 2.73 bits per heavy atom. The van der Waals surface area contributed by atoms with Crippen molar-refractivity contribution < 1.29 is 13.5 Å². The third kappa shape index (κ3) is 1.52. The van der Waals surface area contributed by atoms with E-state index in [2.05, 4.69) is 4.98 Å². The quantitative estimate of drug-likeness (QED) is 0.822. The molecule has 0 saturated heterocycles. The molecule has 0 radical (unpaired) electrons. The van der Waals surface area contributed by atoms with Gasteiger partial charge in [-0.15, -0.1) is 0 Å². The van der Waals surface area contributed by atoms with Crippen LogP contribution >= 0.6 is 0 Å². The van der Waals surface area contributed by atoms with E-state index in [1.165, 1.54) is 11.7 Å². The molecule has 80 valence electrons. The van der Waals surface area contributed by atoms with Gasteiger partial charge in [0.2, 0.25) is 5.95 Å². The molecule has 0 atom stereocenters. The van der Waals surface area contributed by atoms with E-state index >= 15 is 0 Å². The number of ether oxygens (including phenoxy) is 1. The molecule has 0 unspecified atom stereocenters. The summed E-state index contributed by atoms with van der Waals surface area (Å²) in [6, 6.07) is 2.06. The van der Waals surface area contributed by atoms with Crippen molar-refractivity contribution in [2.24, 2.45) is 0 Å². The summed E-state index contributed by atoms with van der Waals surface area (Å²) in [5.41, 5.74) is 6.29. The SMILES string of the molecule is COCn1c(N)nc2cc(F)c(F)cc21. The Balaban J connectivity index is 2.70. The molecule has 0 bridgehead atoms. The van der Waals surface area contributed by atoms with Gasteiger partial charge in [-0.3, -0.25) is 4.57 Å². The van der Waals surface area contributed by atoms with Crippen LogP contribution < -0.4 is 5.73 Å². The first-order valence-electron chi connectivity index (χ1n) is 4.23. The topological polar surface area (TPSA) is 53.1 Å². The van der Waals surface area contributed by atoms with Gasteiger partial charge in [-0.05, 0) is 0 Å². The van der Waals surface area contributed by atoms with Crippen LogP contribution in [0.1, 0.15) is 0 Å². The monoisotopic (exact) mass is 213 g/mol. The first-order chi connectivity index (χ1) is 7.13. The smallest absolute Gasteiger partial charge is 0.203 e. The van der Waals surface area contributed by atoms with Gasteiger partial charge in [0.1, 0.15) is 6.73 Å². The number of fused-ring (bicyclic) bond motifs is 1. The van der Waals surface area contributed by atoms with Gasteiger partial charge in [-0.1, -0.05) is 0 Å². The number of hydrogen-bond acceptors (Lipinski definition) is 3. The Kier molecular flexibility index (Phi) is 2.28. The van der Waals surface area contributed by atoms with Crippen molar-refractivity contribution in [1.82, 2.24) is 9.55 Å². The minimum Gasteiger partial charge on any atom is -0.369 e. The lowest BCUT2D eigenvalue weighted by Crippen LogP contribution is -2.04. The van der Waals surface area contributed by atoms with E-state index in [4.69, 9.17) is 10.5 Å². The lowest BCUT2D eigenvalue weighted by molar-refractivity contribution is 0.136. The van der Waals surface area contributed by atoms with Crippen molar-refractivity contribution in [3.05, 3.63) is 23.8 Å². The van der Waals surface area contributed by atoms with Gasteiger partial charge in [0.05, 0.1) is 11.0 Å². The van der Waals surface area contributed by atoms with E-state index < -0.39 is 11.6 Å². The molecule has 1 heterocycles. The summed E-state index contributed by atoms with van der Waals surface area (Å²) in [7, 11) is 1.48. The first-order valence-corrected chi connectivity index (χ1v) is 4.23. The summed E-state index contributed by atoms with van der Waals surface area (Å²) >= 11 is 0. The zero-order valence-corrected chi connectivity index (χ0v) is 8.00. The third-order valence-corrected chi connectivity index (χ3v) is 2.08. The molecule has 6 heteroatoms. The van der Waals surface area contributed by atoms with Crippen LogP contribution in [0.3, 0.4) is 0 Å². The number of rotatable bonds is 2. The van der Waals surface area contributed by atoms with Crippen LogP contribution in [0, 0.1) is 11.6 Å². The predicted molar refractivity (Wildman–Crippen MR) is 51.1 cm³/mol. The first kappa shape index (κ1) is 9.85. The van der Waals surface area contributed by atoms with Crippen LogP contribution in [0.25, 0.3) is 11.0 Å². The Bertz CT molecular complexity index is 510. The molecule has 0 spiro atoms. The predicted octanol–water partition coefficient (Wildman–Crippen LogP) is 1.50. The lowest BCUT2D eigenvalue weighted by Gasteiger charge is -2.03. The van der Waals surface area contributed by atoms with Gasteiger partial charge in [0.25, 0.3) is 0 Å². The van der Waals surface area contributed by atoms with Crippen molar-refractivity contribution in [1.29, 1.82) is 0 Å². The Morgan fingerprint density at radius 2 is 2.07 bits per heavy atom.